The van der Waals surface area contributed by atoms with E-state index in [2.05, 4.69) is 17.5 Å². The van der Waals surface area contributed by atoms with E-state index in [0.29, 0.717) is 10.9 Å². The van der Waals surface area contributed by atoms with Crippen molar-refractivity contribution in [3.63, 3.8) is 0 Å². The Morgan fingerprint density at radius 2 is 2.11 bits per heavy atom. The maximum Gasteiger partial charge on any atom is 0.142 e. The van der Waals surface area contributed by atoms with Crippen LogP contribution in [0.5, 0.6) is 0 Å². The summed E-state index contributed by atoms with van der Waals surface area (Å²) >= 11 is 11.8. The second kappa shape index (κ2) is 6.74. The summed E-state index contributed by atoms with van der Waals surface area (Å²) in [5.41, 5.74) is 0.759. The van der Waals surface area contributed by atoms with Gasteiger partial charge >= 0.3 is 0 Å². The molecule has 0 amide bonds. The zero-order chi connectivity index (χ0) is 13.8. The van der Waals surface area contributed by atoms with Gasteiger partial charge in [-0.05, 0) is 56.3 Å². The standard InChI is InChI=1S/C15H18Cl2FN/c1-10(19-9-11-5-3-2-4-6-11)12-7-15(18)14(17)8-13(12)16/h2-3,7-8,10-11,19H,4-6,9H2,1H3. The van der Waals surface area contributed by atoms with E-state index in [1.165, 1.54) is 18.6 Å². The highest BCUT2D eigenvalue weighted by molar-refractivity contribution is 6.35. The van der Waals surface area contributed by atoms with Crippen LogP contribution >= 0.6 is 23.2 Å². The fourth-order valence-electron chi connectivity index (χ4n) is 2.36. The van der Waals surface area contributed by atoms with E-state index in [-0.39, 0.29) is 11.1 Å². The molecule has 2 unspecified atom stereocenters. The molecule has 1 aliphatic carbocycles. The van der Waals surface area contributed by atoms with Crippen LogP contribution in [0.3, 0.4) is 0 Å². The fourth-order valence-corrected chi connectivity index (χ4v) is 2.91. The Hall–Kier alpha value is -0.570. The molecule has 0 aliphatic heterocycles. The second-order valence-corrected chi connectivity index (χ2v) is 5.88. The summed E-state index contributed by atoms with van der Waals surface area (Å²) in [5.74, 6) is 0.235. The number of hydrogen-bond donors (Lipinski definition) is 1. The van der Waals surface area contributed by atoms with E-state index in [4.69, 9.17) is 23.2 Å². The maximum atomic E-state index is 13.5. The smallest absolute Gasteiger partial charge is 0.142 e. The van der Waals surface area contributed by atoms with Gasteiger partial charge in [0.05, 0.1) is 5.02 Å². The molecule has 0 bridgehead atoms. The van der Waals surface area contributed by atoms with Crippen LogP contribution in [-0.4, -0.2) is 6.54 Å². The van der Waals surface area contributed by atoms with Crippen molar-refractivity contribution >= 4 is 23.2 Å². The van der Waals surface area contributed by atoms with E-state index in [0.717, 1.165) is 24.9 Å². The Bertz CT molecular complexity index is 473. The molecule has 0 fully saturated rings. The van der Waals surface area contributed by atoms with Crippen molar-refractivity contribution in [1.29, 1.82) is 0 Å². The first-order valence-electron chi connectivity index (χ1n) is 6.60. The van der Waals surface area contributed by atoms with Crippen molar-refractivity contribution < 1.29 is 4.39 Å². The van der Waals surface area contributed by atoms with Gasteiger partial charge in [-0.15, -0.1) is 0 Å². The van der Waals surface area contributed by atoms with Crippen molar-refractivity contribution in [2.24, 2.45) is 5.92 Å². The summed E-state index contributed by atoms with van der Waals surface area (Å²) in [6.07, 6.45) is 7.93. The molecule has 4 heteroatoms. The van der Waals surface area contributed by atoms with Gasteiger partial charge in [-0.2, -0.15) is 0 Å². The van der Waals surface area contributed by atoms with E-state index in [1.54, 1.807) is 0 Å². The molecule has 1 aliphatic rings. The highest BCUT2D eigenvalue weighted by atomic mass is 35.5. The van der Waals surface area contributed by atoms with E-state index in [9.17, 15) is 4.39 Å². The van der Waals surface area contributed by atoms with Gasteiger partial charge in [0.2, 0.25) is 0 Å². The van der Waals surface area contributed by atoms with Gasteiger partial charge in [-0.3, -0.25) is 0 Å². The molecule has 0 spiro atoms. The summed E-state index contributed by atoms with van der Waals surface area (Å²) in [6.45, 7) is 2.92. The largest absolute Gasteiger partial charge is 0.310 e. The number of nitrogens with one attached hydrogen (secondary N) is 1. The van der Waals surface area contributed by atoms with Crippen LogP contribution in [0.25, 0.3) is 0 Å². The number of halogens is 3. The summed E-state index contributed by atoms with van der Waals surface area (Å²) in [7, 11) is 0. The van der Waals surface area contributed by atoms with Gasteiger partial charge in [-0.25, -0.2) is 4.39 Å². The lowest BCUT2D eigenvalue weighted by Crippen LogP contribution is -2.26. The molecule has 19 heavy (non-hydrogen) atoms. The van der Waals surface area contributed by atoms with Crippen molar-refractivity contribution in [1.82, 2.24) is 5.32 Å². The Morgan fingerprint density at radius 1 is 1.32 bits per heavy atom. The Morgan fingerprint density at radius 3 is 2.79 bits per heavy atom. The lowest BCUT2D eigenvalue weighted by Gasteiger charge is -2.22. The van der Waals surface area contributed by atoms with Gasteiger partial charge in [0.25, 0.3) is 0 Å². The van der Waals surface area contributed by atoms with Gasteiger partial charge in [0, 0.05) is 11.1 Å². The van der Waals surface area contributed by atoms with Crippen molar-refractivity contribution in [3.05, 3.63) is 45.7 Å². The SMILES string of the molecule is CC(NCC1CC=CCC1)c1cc(F)c(Cl)cc1Cl. The van der Waals surface area contributed by atoms with Crippen LogP contribution in [0, 0.1) is 11.7 Å². The number of benzene rings is 1. The van der Waals surface area contributed by atoms with Crippen molar-refractivity contribution in [3.8, 4) is 0 Å². The van der Waals surface area contributed by atoms with Crippen LogP contribution < -0.4 is 5.32 Å². The Kier molecular flexibility index (Phi) is 5.26. The summed E-state index contributed by atoms with van der Waals surface area (Å²) in [6, 6.07) is 2.91. The van der Waals surface area contributed by atoms with E-state index >= 15 is 0 Å². The van der Waals surface area contributed by atoms with Crippen molar-refractivity contribution in [2.45, 2.75) is 32.2 Å². The average Bonchev–Trinajstić information content (AvgIpc) is 2.41. The average molecular weight is 302 g/mol. The molecule has 1 aromatic carbocycles. The molecule has 0 radical (unpaired) electrons. The molecule has 0 aromatic heterocycles. The number of allylic oxidation sites excluding steroid dienone is 2. The summed E-state index contributed by atoms with van der Waals surface area (Å²) < 4.78 is 13.5. The predicted molar refractivity (Wildman–Crippen MR) is 79.3 cm³/mol. The normalized spacial score (nSPS) is 20.5. The molecular formula is C15H18Cl2FN. The first kappa shape index (κ1) is 14.8. The lowest BCUT2D eigenvalue weighted by molar-refractivity contribution is 0.415. The highest BCUT2D eigenvalue weighted by Crippen LogP contribution is 2.29. The zero-order valence-electron chi connectivity index (χ0n) is 10.9. The maximum absolute atomic E-state index is 13.5. The first-order valence-corrected chi connectivity index (χ1v) is 7.36. The predicted octanol–water partition coefficient (Wildman–Crippen LogP) is 5.14. The van der Waals surface area contributed by atoms with Crippen LogP contribution in [0.2, 0.25) is 10.0 Å². The molecule has 1 nitrogen and oxygen atoms in total. The molecule has 1 N–H and O–H groups in total. The molecular weight excluding hydrogens is 284 g/mol. The van der Waals surface area contributed by atoms with Crippen LogP contribution in [0.4, 0.5) is 4.39 Å². The molecule has 0 heterocycles. The quantitative estimate of drug-likeness (QED) is 0.600. The first-order chi connectivity index (χ1) is 9.08. The molecule has 0 saturated heterocycles. The minimum Gasteiger partial charge on any atom is -0.310 e. The van der Waals surface area contributed by atoms with Crippen LogP contribution in [0.1, 0.15) is 37.8 Å². The minimum atomic E-state index is -0.421. The summed E-state index contributed by atoms with van der Waals surface area (Å²) in [4.78, 5) is 0. The fraction of sp³-hybridized carbons (Fsp3) is 0.467. The van der Waals surface area contributed by atoms with Crippen molar-refractivity contribution in [2.75, 3.05) is 6.54 Å². The number of hydrogen-bond acceptors (Lipinski definition) is 1. The number of rotatable bonds is 4. The van der Waals surface area contributed by atoms with Gasteiger partial charge in [0.1, 0.15) is 5.82 Å². The lowest BCUT2D eigenvalue weighted by atomic mass is 9.94. The Balaban J connectivity index is 1.97. The Labute approximate surface area is 123 Å². The second-order valence-electron chi connectivity index (χ2n) is 5.07. The third kappa shape index (κ3) is 3.95. The molecule has 104 valence electrons. The van der Waals surface area contributed by atoms with Gasteiger partial charge < -0.3 is 5.32 Å². The monoisotopic (exact) mass is 301 g/mol. The molecule has 2 rings (SSSR count). The van der Waals surface area contributed by atoms with E-state index < -0.39 is 5.82 Å². The van der Waals surface area contributed by atoms with Crippen LogP contribution in [0.15, 0.2) is 24.3 Å². The minimum absolute atomic E-state index is 0.0187. The van der Waals surface area contributed by atoms with E-state index in [1.807, 2.05) is 6.92 Å². The van der Waals surface area contributed by atoms with Gasteiger partial charge in [0.15, 0.2) is 0 Å². The highest BCUT2D eigenvalue weighted by Gasteiger charge is 2.15. The molecule has 2 atom stereocenters. The molecule has 1 aromatic rings. The summed E-state index contributed by atoms with van der Waals surface area (Å²) in [5, 5.41) is 4.01. The topological polar surface area (TPSA) is 12.0 Å². The zero-order valence-corrected chi connectivity index (χ0v) is 12.4. The third-order valence-electron chi connectivity index (χ3n) is 3.60. The third-order valence-corrected chi connectivity index (χ3v) is 4.21. The van der Waals surface area contributed by atoms with Crippen LogP contribution in [-0.2, 0) is 0 Å². The molecule has 0 saturated carbocycles. The van der Waals surface area contributed by atoms with Gasteiger partial charge in [-0.1, -0.05) is 35.4 Å².